The van der Waals surface area contributed by atoms with Crippen LogP contribution >= 0.6 is 0 Å². The van der Waals surface area contributed by atoms with E-state index in [1.165, 1.54) is 10.8 Å². The third-order valence-electron chi connectivity index (χ3n) is 7.23. The van der Waals surface area contributed by atoms with Crippen LogP contribution in [0, 0.1) is 0 Å². The van der Waals surface area contributed by atoms with E-state index >= 15 is 0 Å². The van der Waals surface area contributed by atoms with E-state index in [0.717, 1.165) is 55.8 Å². The molecule has 0 aliphatic carbocycles. The SMILES string of the molecule is c1ccc(-c2cccc(-n3c4ccccc4c4ccc(-c5nc6ccc(-c7ccoc7)cc6o5)cc43)c2)nc1. The van der Waals surface area contributed by atoms with Crippen LogP contribution in [0.5, 0.6) is 0 Å². The van der Waals surface area contributed by atoms with Crippen LogP contribution in [0.3, 0.4) is 0 Å². The first-order valence-corrected chi connectivity index (χ1v) is 12.8. The lowest BCUT2D eigenvalue weighted by molar-refractivity contribution is 0.568. The first-order valence-electron chi connectivity index (χ1n) is 12.8. The van der Waals surface area contributed by atoms with Gasteiger partial charge in [-0.15, -0.1) is 0 Å². The Hall–Kier alpha value is -5.42. The third-order valence-corrected chi connectivity index (χ3v) is 7.23. The fourth-order valence-corrected chi connectivity index (χ4v) is 5.38. The Balaban J connectivity index is 1.31. The van der Waals surface area contributed by atoms with Gasteiger partial charge in [-0.25, -0.2) is 4.98 Å². The molecule has 4 heterocycles. The zero-order valence-corrected chi connectivity index (χ0v) is 20.8. The number of para-hydroxylation sites is 1. The molecule has 0 bridgehead atoms. The van der Waals surface area contributed by atoms with Gasteiger partial charge in [0.25, 0.3) is 0 Å². The maximum Gasteiger partial charge on any atom is 0.227 e. The molecule has 39 heavy (non-hydrogen) atoms. The van der Waals surface area contributed by atoms with Crippen LogP contribution < -0.4 is 0 Å². The standard InChI is InChI=1S/C34H21N3O2/c1-2-10-31-27(8-1)28-13-11-24(34-36-30-14-12-22(20-33(30)39-34)25-15-17-38-21-25)19-32(28)37(31)26-7-5-6-23(18-26)29-9-3-4-16-35-29/h1-21H. The van der Waals surface area contributed by atoms with Gasteiger partial charge in [0, 0.05) is 39.3 Å². The molecule has 184 valence electrons. The van der Waals surface area contributed by atoms with Crippen molar-refractivity contribution in [3.05, 3.63) is 128 Å². The fraction of sp³-hybridized carbons (Fsp3) is 0. The third kappa shape index (κ3) is 3.55. The fourth-order valence-electron chi connectivity index (χ4n) is 5.38. The maximum absolute atomic E-state index is 6.28. The molecule has 5 heteroatoms. The minimum Gasteiger partial charge on any atom is -0.472 e. The van der Waals surface area contributed by atoms with E-state index in [-0.39, 0.29) is 0 Å². The summed E-state index contributed by atoms with van der Waals surface area (Å²) in [5, 5.41) is 2.38. The molecule has 0 spiro atoms. The Labute approximate surface area is 223 Å². The lowest BCUT2D eigenvalue weighted by atomic mass is 10.1. The average Bonchev–Trinajstić information content (AvgIpc) is 3.75. The number of fused-ring (bicyclic) bond motifs is 4. The minimum atomic E-state index is 0.593. The van der Waals surface area contributed by atoms with E-state index < -0.39 is 0 Å². The monoisotopic (exact) mass is 503 g/mol. The zero-order chi connectivity index (χ0) is 25.8. The van der Waals surface area contributed by atoms with Gasteiger partial charge < -0.3 is 13.4 Å². The van der Waals surface area contributed by atoms with Crippen molar-refractivity contribution in [3.8, 4) is 39.5 Å². The van der Waals surface area contributed by atoms with Crippen LogP contribution in [0.2, 0.25) is 0 Å². The summed E-state index contributed by atoms with van der Waals surface area (Å²) in [6.45, 7) is 0. The maximum atomic E-state index is 6.28. The van der Waals surface area contributed by atoms with Gasteiger partial charge in [0.1, 0.15) is 5.52 Å². The number of hydrogen-bond acceptors (Lipinski definition) is 4. The van der Waals surface area contributed by atoms with E-state index in [4.69, 9.17) is 13.8 Å². The Kier molecular flexibility index (Phi) is 4.76. The molecular formula is C34H21N3O2. The van der Waals surface area contributed by atoms with Crippen molar-refractivity contribution in [2.75, 3.05) is 0 Å². The molecule has 5 nitrogen and oxygen atoms in total. The van der Waals surface area contributed by atoms with E-state index in [9.17, 15) is 0 Å². The van der Waals surface area contributed by atoms with Crippen LogP contribution in [-0.4, -0.2) is 14.5 Å². The summed E-state index contributed by atoms with van der Waals surface area (Å²) in [6.07, 6.45) is 5.23. The van der Waals surface area contributed by atoms with Crippen LogP contribution in [0.25, 0.3) is 72.4 Å². The number of rotatable bonds is 4. The van der Waals surface area contributed by atoms with Gasteiger partial charge in [0.05, 0.1) is 29.3 Å². The summed E-state index contributed by atoms with van der Waals surface area (Å²) in [4.78, 5) is 9.37. The number of hydrogen-bond donors (Lipinski definition) is 0. The van der Waals surface area contributed by atoms with Gasteiger partial charge in [0.15, 0.2) is 5.58 Å². The normalized spacial score (nSPS) is 11.6. The summed E-state index contributed by atoms with van der Waals surface area (Å²) in [6, 6.07) is 37.4. The van der Waals surface area contributed by atoms with Gasteiger partial charge in [-0.05, 0) is 66.2 Å². The highest BCUT2D eigenvalue weighted by molar-refractivity contribution is 6.10. The lowest BCUT2D eigenvalue weighted by Crippen LogP contribution is -1.95. The smallest absolute Gasteiger partial charge is 0.227 e. The molecule has 0 amide bonds. The summed E-state index contributed by atoms with van der Waals surface area (Å²) in [5.74, 6) is 0.593. The lowest BCUT2D eigenvalue weighted by Gasteiger charge is -2.10. The minimum absolute atomic E-state index is 0.593. The molecule has 0 N–H and O–H groups in total. The molecule has 0 unspecified atom stereocenters. The first kappa shape index (κ1) is 21.6. The molecule has 0 aliphatic heterocycles. The number of oxazole rings is 1. The van der Waals surface area contributed by atoms with E-state index in [0.29, 0.717) is 5.89 Å². The molecule has 0 atom stereocenters. The van der Waals surface area contributed by atoms with Crippen molar-refractivity contribution < 1.29 is 8.83 Å². The summed E-state index contributed by atoms with van der Waals surface area (Å²) >= 11 is 0. The van der Waals surface area contributed by atoms with Crippen molar-refractivity contribution in [1.82, 2.24) is 14.5 Å². The van der Waals surface area contributed by atoms with Crippen molar-refractivity contribution in [2.24, 2.45) is 0 Å². The van der Waals surface area contributed by atoms with E-state index in [1.54, 1.807) is 12.5 Å². The van der Waals surface area contributed by atoms with Crippen LogP contribution in [0.15, 0.2) is 137 Å². The summed E-state index contributed by atoms with van der Waals surface area (Å²) < 4.78 is 13.8. The van der Waals surface area contributed by atoms with Gasteiger partial charge in [0.2, 0.25) is 5.89 Å². The van der Waals surface area contributed by atoms with Crippen molar-refractivity contribution >= 4 is 32.9 Å². The molecular weight excluding hydrogens is 482 g/mol. The van der Waals surface area contributed by atoms with Crippen LogP contribution in [0.1, 0.15) is 0 Å². The molecule has 0 saturated heterocycles. The molecule has 0 fully saturated rings. The Morgan fingerprint density at radius 1 is 0.615 bits per heavy atom. The molecule has 8 rings (SSSR count). The Morgan fingerprint density at radius 3 is 2.41 bits per heavy atom. The van der Waals surface area contributed by atoms with Gasteiger partial charge in [-0.2, -0.15) is 0 Å². The number of aromatic nitrogens is 3. The van der Waals surface area contributed by atoms with Crippen LogP contribution in [-0.2, 0) is 0 Å². The van der Waals surface area contributed by atoms with Crippen LogP contribution in [0.4, 0.5) is 0 Å². The van der Waals surface area contributed by atoms with Crippen molar-refractivity contribution in [1.29, 1.82) is 0 Å². The first-order chi connectivity index (χ1) is 19.3. The topological polar surface area (TPSA) is 57.0 Å². The highest BCUT2D eigenvalue weighted by Crippen LogP contribution is 2.36. The highest BCUT2D eigenvalue weighted by atomic mass is 16.3. The number of furan rings is 1. The van der Waals surface area contributed by atoms with Crippen molar-refractivity contribution in [3.63, 3.8) is 0 Å². The number of nitrogens with zero attached hydrogens (tertiary/aromatic N) is 3. The largest absolute Gasteiger partial charge is 0.472 e. The molecule has 8 aromatic rings. The molecule has 4 aromatic heterocycles. The zero-order valence-electron chi connectivity index (χ0n) is 20.8. The second-order valence-corrected chi connectivity index (χ2v) is 9.56. The molecule has 0 aliphatic rings. The predicted molar refractivity (Wildman–Crippen MR) is 155 cm³/mol. The second-order valence-electron chi connectivity index (χ2n) is 9.56. The summed E-state index contributed by atoms with van der Waals surface area (Å²) in [5.41, 5.74) is 9.85. The predicted octanol–water partition coefficient (Wildman–Crippen LogP) is 8.91. The van der Waals surface area contributed by atoms with Crippen molar-refractivity contribution in [2.45, 2.75) is 0 Å². The molecule has 4 aromatic carbocycles. The highest BCUT2D eigenvalue weighted by Gasteiger charge is 2.16. The van der Waals surface area contributed by atoms with Gasteiger partial charge >= 0.3 is 0 Å². The Bertz CT molecular complexity index is 2120. The second kappa shape index (κ2) is 8.57. The van der Waals surface area contributed by atoms with Gasteiger partial charge in [-0.1, -0.05) is 48.5 Å². The number of pyridine rings is 1. The quantitative estimate of drug-likeness (QED) is 0.241. The molecule has 0 radical (unpaired) electrons. The Morgan fingerprint density at radius 2 is 1.51 bits per heavy atom. The average molecular weight is 504 g/mol. The van der Waals surface area contributed by atoms with E-state index in [1.807, 2.05) is 48.7 Å². The van der Waals surface area contributed by atoms with Gasteiger partial charge in [-0.3, -0.25) is 4.98 Å². The number of benzene rings is 4. The summed E-state index contributed by atoms with van der Waals surface area (Å²) in [7, 11) is 0. The molecule has 0 saturated carbocycles. The van der Waals surface area contributed by atoms with E-state index in [2.05, 4.69) is 76.3 Å².